The van der Waals surface area contributed by atoms with Gasteiger partial charge < -0.3 is 20.9 Å². The first kappa shape index (κ1) is 11.7. The van der Waals surface area contributed by atoms with E-state index < -0.39 is 5.97 Å². The maximum Gasteiger partial charge on any atom is 0.335 e. The summed E-state index contributed by atoms with van der Waals surface area (Å²) in [6, 6.07) is 4.97. The molecule has 0 radical (unpaired) electrons. The van der Waals surface area contributed by atoms with E-state index >= 15 is 0 Å². The monoisotopic (exact) mass is 236 g/mol. The first-order valence-electron chi connectivity index (χ1n) is 5.64. The Bertz CT molecular complexity index is 414. The quantitative estimate of drug-likeness (QED) is 0.693. The van der Waals surface area contributed by atoms with Crippen molar-refractivity contribution in [1.82, 2.24) is 0 Å². The van der Waals surface area contributed by atoms with E-state index in [9.17, 15) is 4.79 Å². The van der Waals surface area contributed by atoms with Crippen LogP contribution >= 0.6 is 0 Å². The molecule has 0 bridgehead atoms. The predicted octanol–water partition coefficient (Wildman–Crippen LogP) is 1.56. The minimum Gasteiger partial charge on any atom is -0.478 e. The topological polar surface area (TPSA) is 84.6 Å². The van der Waals surface area contributed by atoms with Gasteiger partial charge in [-0.1, -0.05) is 0 Å². The Hall–Kier alpha value is -1.75. The molecule has 1 aliphatic rings. The zero-order valence-corrected chi connectivity index (χ0v) is 9.48. The van der Waals surface area contributed by atoms with E-state index in [1.165, 1.54) is 6.07 Å². The summed E-state index contributed by atoms with van der Waals surface area (Å²) in [6.07, 6.45) is 2.07. The van der Waals surface area contributed by atoms with Crippen LogP contribution in [0.5, 0.6) is 0 Å². The number of hydrogen-bond acceptors (Lipinski definition) is 4. The summed E-state index contributed by atoms with van der Waals surface area (Å²) in [5.74, 6) is -0.968. The van der Waals surface area contributed by atoms with Crippen molar-refractivity contribution >= 4 is 17.3 Å². The third kappa shape index (κ3) is 2.88. The van der Waals surface area contributed by atoms with Crippen LogP contribution in [0.25, 0.3) is 0 Å². The lowest BCUT2D eigenvalue weighted by Crippen LogP contribution is -2.30. The largest absolute Gasteiger partial charge is 0.478 e. The Morgan fingerprint density at radius 3 is 2.94 bits per heavy atom. The van der Waals surface area contributed by atoms with Crippen LogP contribution in [0.4, 0.5) is 11.4 Å². The molecule has 0 aromatic heterocycles. The number of carbonyl (C=O) groups is 1. The smallest absolute Gasteiger partial charge is 0.335 e. The Balaban J connectivity index is 2.08. The van der Waals surface area contributed by atoms with Crippen LogP contribution in [-0.4, -0.2) is 30.3 Å². The van der Waals surface area contributed by atoms with E-state index in [4.69, 9.17) is 15.6 Å². The number of nitrogens with two attached hydrogens (primary N) is 1. The molecule has 1 aromatic rings. The van der Waals surface area contributed by atoms with E-state index in [1.54, 1.807) is 12.1 Å². The zero-order valence-electron chi connectivity index (χ0n) is 9.48. The van der Waals surface area contributed by atoms with Gasteiger partial charge in [0.25, 0.3) is 0 Å². The van der Waals surface area contributed by atoms with Crippen molar-refractivity contribution < 1.29 is 14.6 Å². The summed E-state index contributed by atoms with van der Waals surface area (Å²) in [5.41, 5.74) is 7.23. The molecule has 1 atom stereocenters. The average molecular weight is 236 g/mol. The highest BCUT2D eigenvalue weighted by atomic mass is 16.5. The minimum atomic E-state index is -0.968. The van der Waals surface area contributed by atoms with Gasteiger partial charge in [-0.3, -0.25) is 0 Å². The van der Waals surface area contributed by atoms with E-state index in [-0.39, 0.29) is 11.6 Å². The Morgan fingerprint density at radius 2 is 2.35 bits per heavy atom. The van der Waals surface area contributed by atoms with Gasteiger partial charge in [-0.25, -0.2) is 4.79 Å². The molecule has 5 heteroatoms. The van der Waals surface area contributed by atoms with Crippen molar-refractivity contribution in [2.45, 2.75) is 18.9 Å². The second kappa shape index (κ2) is 5.05. The Kier molecular flexibility index (Phi) is 3.49. The lowest BCUT2D eigenvalue weighted by molar-refractivity contribution is 0.0697. The standard InChI is InChI=1S/C12H16N2O3/c13-10-6-8(12(15)16)3-4-11(10)14-9-2-1-5-17-7-9/h3-4,6,9,14H,1-2,5,7,13H2,(H,15,16). The summed E-state index contributed by atoms with van der Waals surface area (Å²) in [5, 5.41) is 12.1. The van der Waals surface area contributed by atoms with E-state index in [2.05, 4.69) is 5.32 Å². The number of nitrogens with one attached hydrogen (secondary N) is 1. The molecule has 1 saturated heterocycles. The van der Waals surface area contributed by atoms with Gasteiger partial charge in [-0.15, -0.1) is 0 Å². The molecule has 92 valence electrons. The zero-order chi connectivity index (χ0) is 12.3. The predicted molar refractivity (Wildman–Crippen MR) is 65.3 cm³/mol. The molecule has 0 saturated carbocycles. The SMILES string of the molecule is Nc1cc(C(=O)O)ccc1NC1CCCOC1. The average Bonchev–Trinajstić information content (AvgIpc) is 2.33. The van der Waals surface area contributed by atoms with Gasteiger partial charge in [0.05, 0.1) is 23.5 Å². The fourth-order valence-corrected chi connectivity index (χ4v) is 1.90. The molecule has 1 aromatic carbocycles. The molecule has 17 heavy (non-hydrogen) atoms. The van der Waals surface area contributed by atoms with Gasteiger partial charge in [0.1, 0.15) is 0 Å². The Labute approximate surface area is 99.6 Å². The number of aromatic carboxylic acids is 1. The van der Waals surface area contributed by atoms with Crippen molar-refractivity contribution in [3.05, 3.63) is 23.8 Å². The van der Waals surface area contributed by atoms with Crippen molar-refractivity contribution in [2.75, 3.05) is 24.3 Å². The van der Waals surface area contributed by atoms with Gasteiger partial charge in [0.15, 0.2) is 0 Å². The van der Waals surface area contributed by atoms with Crippen LogP contribution in [0, 0.1) is 0 Å². The van der Waals surface area contributed by atoms with Crippen LogP contribution < -0.4 is 11.1 Å². The molecular weight excluding hydrogens is 220 g/mol. The normalized spacial score (nSPS) is 19.9. The summed E-state index contributed by atoms with van der Waals surface area (Å²) in [6.45, 7) is 1.48. The molecule has 1 heterocycles. The number of nitrogen functional groups attached to an aromatic ring is 1. The van der Waals surface area contributed by atoms with Crippen LogP contribution in [0.3, 0.4) is 0 Å². The summed E-state index contributed by atoms with van der Waals surface area (Å²) >= 11 is 0. The molecular formula is C12H16N2O3. The summed E-state index contributed by atoms with van der Waals surface area (Å²) in [4.78, 5) is 10.8. The van der Waals surface area contributed by atoms with Gasteiger partial charge in [-0.05, 0) is 31.0 Å². The Morgan fingerprint density at radius 1 is 1.53 bits per heavy atom. The van der Waals surface area contributed by atoms with Crippen molar-refractivity contribution in [2.24, 2.45) is 0 Å². The van der Waals surface area contributed by atoms with Gasteiger partial charge in [-0.2, -0.15) is 0 Å². The van der Waals surface area contributed by atoms with Crippen molar-refractivity contribution in [3.63, 3.8) is 0 Å². The minimum absolute atomic E-state index is 0.202. The van der Waals surface area contributed by atoms with E-state index in [1.807, 2.05) is 0 Å². The molecule has 5 nitrogen and oxygen atoms in total. The number of hydrogen-bond donors (Lipinski definition) is 3. The first-order chi connectivity index (χ1) is 8.16. The van der Waals surface area contributed by atoms with Crippen LogP contribution in [0.1, 0.15) is 23.2 Å². The second-order valence-electron chi connectivity index (χ2n) is 4.17. The molecule has 0 spiro atoms. The van der Waals surface area contributed by atoms with Gasteiger partial charge in [0, 0.05) is 12.6 Å². The molecule has 4 N–H and O–H groups in total. The summed E-state index contributed by atoms with van der Waals surface area (Å²) < 4.78 is 5.36. The highest BCUT2D eigenvalue weighted by molar-refractivity contribution is 5.90. The van der Waals surface area contributed by atoms with Gasteiger partial charge in [0.2, 0.25) is 0 Å². The van der Waals surface area contributed by atoms with Gasteiger partial charge >= 0.3 is 5.97 Å². The van der Waals surface area contributed by atoms with E-state index in [0.717, 1.165) is 25.1 Å². The number of carboxylic acid groups (broad SMARTS) is 1. The molecule has 0 amide bonds. The third-order valence-corrected chi connectivity index (χ3v) is 2.82. The molecule has 0 aliphatic carbocycles. The number of benzene rings is 1. The lowest BCUT2D eigenvalue weighted by Gasteiger charge is -2.24. The number of carboxylic acids is 1. The summed E-state index contributed by atoms with van der Waals surface area (Å²) in [7, 11) is 0. The fourth-order valence-electron chi connectivity index (χ4n) is 1.90. The molecule has 1 unspecified atom stereocenters. The lowest BCUT2D eigenvalue weighted by atomic mass is 10.1. The fraction of sp³-hybridized carbons (Fsp3) is 0.417. The molecule has 2 rings (SSSR count). The van der Waals surface area contributed by atoms with Crippen molar-refractivity contribution in [3.8, 4) is 0 Å². The number of rotatable bonds is 3. The maximum atomic E-state index is 10.8. The van der Waals surface area contributed by atoms with Crippen molar-refractivity contribution in [1.29, 1.82) is 0 Å². The molecule has 1 aliphatic heterocycles. The van der Waals surface area contributed by atoms with Crippen LogP contribution in [0.2, 0.25) is 0 Å². The van der Waals surface area contributed by atoms with Crippen LogP contribution in [-0.2, 0) is 4.74 Å². The molecule has 1 fully saturated rings. The maximum absolute atomic E-state index is 10.8. The van der Waals surface area contributed by atoms with E-state index in [0.29, 0.717) is 12.3 Å². The highest BCUT2D eigenvalue weighted by Gasteiger charge is 2.15. The highest BCUT2D eigenvalue weighted by Crippen LogP contribution is 2.22. The second-order valence-corrected chi connectivity index (χ2v) is 4.17. The third-order valence-electron chi connectivity index (χ3n) is 2.82. The van der Waals surface area contributed by atoms with Crippen LogP contribution in [0.15, 0.2) is 18.2 Å². The number of anilines is 2. The first-order valence-corrected chi connectivity index (χ1v) is 5.64. The number of ether oxygens (including phenoxy) is 1.